The zero-order valence-corrected chi connectivity index (χ0v) is 11.6. The summed E-state index contributed by atoms with van der Waals surface area (Å²) in [6, 6.07) is 14.1. The lowest BCUT2D eigenvalue weighted by molar-refractivity contribution is 1.07. The van der Waals surface area contributed by atoms with Gasteiger partial charge in [0.25, 0.3) is 0 Å². The van der Waals surface area contributed by atoms with Crippen molar-refractivity contribution in [3.05, 3.63) is 53.8 Å². The molecule has 2 heterocycles. The van der Waals surface area contributed by atoms with Gasteiger partial charge in [-0.3, -0.25) is 0 Å². The third-order valence-electron chi connectivity index (χ3n) is 3.13. The Balaban J connectivity index is 2.18. The number of halogens is 1. The predicted molar refractivity (Wildman–Crippen MR) is 80.4 cm³/mol. The van der Waals surface area contributed by atoms with Crippen molar-refractivity contribution < 1.29 is 0 Å². The first-order valence-corrected chi connectivity index (χ1v) is 6.44. The molecule has 0 aliphatic rings. The lowest BCUT2D eigenvalue weighted by atomic mass is 10.2. The molecule has 0 unspecified atom stereocenters. The minimum absolute atomic E-state index is 0.510. The molecular weight excluding hydrogens is 258 g/mol. The smallest absolute Gasteiger partial charge is 0.146 e. The minimum Gasteiger partial charge on any atom is -0.378 e. The van der Waals surface area contributed by atoms with Gasteiger partial charge in [0.1, 0.15) is 10.8 Å². The zero-order valence-electron chi connectivity index (χ0n) is 10.8. The number of fused-ring (bicyclic) bond motifs is 1. The zero-order chi connectivity index (χ0) is 13.4. The van der Waals surface area contributed by atoms with Gasteiger partial charge in [-0.25, -0.2) is 4.98 Å². The maximum Gasteiger partial charge on any atom is 0.146 e. The lowest BCUT2D eigenvalue weighted by Crippen LogP contribution is -2.08. The number of nitrogens with zero attached hydrogens (tertiary/aromatic N) is 3. The molecule has 3 nitrogen and oxygen atoms in total. The molecule has 0 spiro atoms. The topological polar surface area (TPSA) is 21.1 Å². The molecule has 0 fully saturated rings. The van der Waals surface area contributed by atoms with Gasteiger partial charge in [0.2, 0.25) is 0 Å². The number of benzene rings is 1. The highest BCUT2D eigenvalue weighted by Gasteiger charge is 2.06. The van der Waals surface area contributed by atoms with Crippen molar-refractivity contribution in [3.8, 4) is 5.69 Å². The van der Waals surface area contributed by atoms with Crippen LogP contribution in [-0.2, 0) is 0 Å². The highest BCUT2D eigenvalue weighted by Crippen LogP contribution is 2.23. The van der Waals surface area contributed by atoms with E-state index < -0.39 is 0 Å². The molecule has 1 aromatic carbocycles. The standard InChI is InChI=1S/C15H14ClN3/c1-18(2)12-4-3-5-13(10-12)19-9-8-11-6-7-14(16)17-15(11)19/h3-10H,1-2H3. The molecule has 0 N–H and O–H groups in total. The average molecular weight is 272 g/mol. The number of hydrogen-bond donors (Lipinski definition) is 0. The Kier molecular flexibility index (Phi) is 2.91. The molecule has 19 heavy (non-hydrogen) atoms. The Labute approximate surface area is 117 Å². The fourth-order valence-electron chi connectivity index (χ4n) is 2.11. The van der Waals surface area contributed by atoms with Crippen LogP contribution in [0, 0.1) is 0 Å². The van der Waals surface area contributed by atoms with Crippen LogP contribution in [-0.4, -0.2) is 23.6 Å². The Hall–Kier alpha value is -2.00. The van der Waals surface area contributed by atoms with Gasteiger partial charge in [0.15, 0.2) is 0 Å². The molecule has 0 saturated carbocycles. The van der Waals surface area contributed by atoms with Gasteiger partial charge in [-0.2, -0.15) is 0 Å². The quantitative estimate of drug-likeness (QED) is 0.662. The Morgan fingerprint density at radius 1 is 1.11 bits per heavy atom. The van der Waals surface area contributed by atoms with Crippen LogP contribution < -0.4 is 4.90 Å². The predicted octanol–water partition coefficient (Wildman–Crippen LogP) is 3.74. The molecule has 0 amide bonds. The van der Waals surface area contributed by atoms with Crippen molar-refractivity contribution in [2.75, 3.05) is 19.0 Å². The van der Waals surface area contributed by atoms with Crippen molar-refractivity contribution >= 4 is 28.3 Å². The van der Waals surface area contributed by atoms with E-state index in [1.165, 1.54) is 0 Å². The van der Waals surface area contributed by atoms with Crippen LogP contribution in [0.25, 0.3) is 16.7 Å². The van der Waals surface area contributed by atoms with Crippen molar-refractivity contribution in [2.24, 2.45) is 0 Å². The van der Waals surface area contributed by atoms with Gasteiger partial charge < -0.3 is 9.47 Å². The van der Waals surface area contributed by atoms with Crippen LogP contribution in [0.2, 0.25) is 5.15 Å². The monoisotopic (exact) mass is 271 g/mol. The van der Waals surface area contributed by atoms with E-state index in [0.717, 1.165) is 22.4 Å². The maximum atomic E-state index is 5.98. The van der Waals surface area contributed by atoms with Gasteiger partial charge in [0, 0.05) is 37.1 Å². The highest BCUT2D eigenvalue weighted by molar-refractivity contribution is 6.29. The van der Waals surface area contributed by atoms with Gasteiger partial charge in [0.05, 0.1) is 0 Å². The van der Waals surface area contributed by atoms with Crippen LogP contribution in [0.15, 0.2) is 48.7 Å². The van der Waals surface area contributed by atoms with Crippen LogP contribution in [0.3, 0.4) is 0 Å². The second-order valence-electron chi connectivity index (χ2n) is 4.65. The van der Waals surface area contributed by atoms with Crippen molar-refractivity contribution in [1.82, 2.24) is 9.55 Å². The van der Waals surface area contributed by atoms with Gasteiger partial charge in [-0.1, -0.05) is 17.7 Å². The number of aromatic nitrogens is 2. The highest BCUT2D eigenvalue weighted by atomic mass is 35.5. The van der Waals surface area contributed by atoms with E-state index in [9.17, 15) is 0 Å². The van der Waals surface area contributed by atoms with Gasteiger partial charge in [-0.05, 0) is 36.4 Å². The van der Waals surface area contributed by atoms with Gasteiger partial charge >= 0.3 is 0 Å². The fraction of sp³-hybridized carbons (Fsp3) is 0.133. The van der Waals surface area contributed by atoms with Crippen LogP contribution >= 0.6 is 11.6 Å². The number of anilines is 1. The van der Waals surface area contributed by atoms with E-state index >= 15 is 0 Å². The summed E-state index contributed by atoms with van der Waals surface area (Å²) in [7, 11) is 4.06. The average Bonchev–Trinajstić information content (AvgIpc) is 2.81. The first-order valence-electron chi connectivity index (χ1n) is 6.06. The number of pyridine rings is 1. The molecule has 0 aliphatic carbocycles. The third-order valence-corrected chi connectivity index (χ3v) is 3.34. The summed E-state index contributed by atoms with van der Waals surface area (Å²) in [4.78, 5) is 6.48. The summed E-state index contributed by atoms with van der Waals surface area (Å²) in [6.45, 7) is 0. The van der Waals surface area contributed by atoms with E-state index in [0.29, 0.717) is 5.15 Å². The Morgan fingerprint density at radius 2 is 1.95 bits per heavy atom. The fourth-order valence-corrected chi connectivity index (χ4v) is 2.26. The van der Waals surface area contributed by atoms with Crippen molar-refractivity contribution in [3.63, 3.8) is 0 Å². The van der Waals surface area contributed by atoms with Gasteiger partial charge in [-0.15, -0.1) is 0 Å². The van der Waals surface area contributed by atoms with Crippen LogP contribution in [0.4, 0.5) is 5.69 Å². The van der Waals surface area contributed by atoms with Crippen LogP contribution in [0.1, 0.15) is 0 Å². The molecule has 3 aromatic rings. The summed E-state index contributed by atoms with van der Waals surface area (Å²) in [5, 5.41) is 1.59. The summed E-state index contributed by atoms with van der Waals surface area (Å²) >= 11 is 5.98. The third kappa shape index (κ3) is 2.17. The summed E-state index contributed by atoms with van der Waals surface area (Å²) in [5.41, 5.74) is 3.11. The maximum absolute atomic E-state index is 5.98. The molecule has 0 atom stereocenters. The second-order valence-corrected chi connectivity index (χ2v) is 5.03. The number of hydrogen-bond acceptors (Lipinski definition) is 2. The SMILES string of the molecule is CN(C)c1cccc(-n2ccc3ccc(Cl)nc32)c1. The van der Waals surface area contributed by atoms with E-state index in [1.54, 1.807) is 0 Å². The normalized spacial score (nSPS) is 10.9. The molecule has 0 saturated heterocycles. The first-order chi connectivity index (χ1) is 9.15. The number of rotatable bonds is 2. The summed E-state index contributed by atoms with van der Waals surface area (Å²) in [6.07, 6.45) is 2.02. The van der Waals surface area contributed by atoms with E-state index in [4.69, 9.17) is 11.6 Å². The molecule has 2 aromatic heterocycles. The van der Waals surface area contributed by atoms with E-state index in [2.05, 4.69) is 28.1 Å². The molecular formula is C15H14ClN3. The molecule has 3 rings (SSSR count). The Bertz CT molecular complexity index is 731. The van der Waals surface area contributed by atoms with E-state index in [-0.39, 0.29) is 0 Å². The van der Waals surface area contributed by atoms with Crippen LogP contribution in [0.5, 0.6) is 0 Å². The molecule has 0 bridgehead atoms. The largest absolute Gasteiger partial charge is 0.378 e. The molecule has 96 valence electrons. The van der Waals surface area contributed by atoms with Crippen molar-refractivity contribution in [2.45, 2.75) is 0 Å². The van der Waals surface area contributed by atoms with Crippen molar-refractivity contribution in [1.29, 1.82) is 0 Å². The Morgan fingerprint density at radius 3 is 2.74 bits per heavy atom. The second kappa shape index (κ2) is 4.59. The first kappa shape index (κ1) is 12.1. The summed E-state index contributed by atoms with van der Waals surface area (Å²) in [5.74, 6) is 0. The molecule has 0 aliphatic heterocycles. The minimum atomic E-state index is 0.510. The van der Waals surface area contributed by atoms with E-state index in [1.807, 2.05) is 49.1 Å². The molecule has 0 radical (unpaired) electrons. The summed E-state index contributed by atoms with van der Waals surface area (Å²) < 4.78 is 2.05. The lowest BCUT2D eigenvalue weighted by Gasteiger charge is -2.14. The molecule has 4 heteroatoms.